The third-order valence-corrected chi connectivity index (χ3v) is 5.89. The fourth-order valence-electron chi connectivity index (χ4n) is 3.63. The Hall–Kier alpha value is -3.77. The van der Waals surface area contributed by atoms with Crippen molar-refractivity contribution in [2.24, 2.45) is 15.0 Å². The lowest BCUT2D eigenvalue weighted by atomic mass is 10.1. The topological polar surface area (TPSA) is 79.2 Å². The standard InChI is InChI=1S/C27H25ClN4O2/c1-5-6-9-24(33)34-27-17(3)16(2)25(32-27)18(4)26-23(28)15-22(31-26)14-21-11-10-20(30-21)13-19-8-7-12-29-19/h5,7-8,10-15,31H,1,6,9H2,2-4H3/b19-13-,21-14+,25-18-. The normalized spacial score (nSPS) is 20.6. The van der Waals surface area contributed by atoms with Gasteiger partial charge in [-0.2, -0.15) is 0 Å². The highest BCUT2D eigenvalue weighted by molar-refractivity contribution is 6.32. The van der Waals surface area contributed by atoms with Gasteiger partial charge < -0.3 is 9.72 Å². The number of aromatic nitrogens is 1. The molecule has 4 rings (SSSR count). The maximum Gasteiger partial charge on any atom is 0.312 e. The van der Waals surface area contributed by atoms with Gasteiger partial charge in [0, 0.05) is 29.5 Å². The molecule has 1 aromatic rings. The van der Waals surface area contributed by atoms with Crippen LogP contribution < -0.4 is 0 Å². The van der Waals surface area contributed by atoms with Crippen LogP contribution in [0.3, 0.4) is 0 Å². The van der Waals surface area contributed by atoms with Crippen molar-refractivity contribution in [3.8, 4) is 0 Å². The van der Waals surface area contributed by atoms with E-state index in [1.807, 2.05) is 63.3 Å². The summed E-state index contributed by atoms with van der Waals surface area (Å²) < 4.78 is 5.47. The number of carbonyl (C=O) groups excluding carboxylic acids is 1. The Balaban J connectivity index is 1.57. The van der Waals surface area contributed by atoms with Gasteiger partial charge in [-0.3, -0.25) is 9.79 Å². The molecule has 0 aliphatic carbocycles. The van der Waals surface area contributed by atoms with Crippen LogP contribution in [-0.2, 0) is 9.53 Å². The zero-order valence-corrected chi connectivity index (χ0v) is 20.1. The number of aliphatic imine (C=N–C) groups is 3. The predicted octanol–water partition coefficient (Wildman–Crippen LogP) is 6.53. The number of aromatic amines is 1. The first-order valence-electron chi connectivity index (χ1n) is 10.9. The average molecular weight is 473 g/mol. The van der Waals surface area contributed by atoms with Gasteiger partial charge in [0.05, 0.1) is 33.5 Å². The highest BCUT2D eigenvalue weighted by atomic mass is 35.5. The van der Waals surface area contributed by atoms with Crippen molar-refractivity contribution in [2.75, 3.05) is 0 Å². The SMILES string of the molecule is C=CCCC(=O)OC1=N/C(=C(/C)c2[nH]c(/C=C3\C=CC(/C=C4/C=CC=N4)=N3)cc2Cl)C(C)=C1C. The molecule has 0 unspecified atom stereocenters. The number of ether oxygens (including phenoxy) is 1. The summed E-state index contributed by atoms with van der Waals surface area (Å²) >= 11 is 6.57. The quantitative estimate of drug-likeness (QED) is 0.377. The van der Waals surface area contributed by atoms with E-state index in [-0.39, 0.29) is 12.4 Å². The molecule has 0 aromatic carbocycles. The molecule has 3 aliphatic heterocycles. The van der Waals surface area contributed by atoms with E-state index in [0.717, 1.165) is 50.9 Å². The molecule has 6 nitrogen and oxygen atoms in total. The summed E-state index contributed by atoms with van der Waals surface area (Å²) in [4.78, 5) is 28.9. The lowest BCUT2D eigenvalue weighted by Crippen LogP contribution is -2.11. The first-order chi connectivity index (χ1) is 16.4. The summed E-state index contributed by atoms with van der Waals surface area (Å²) in [5.41, 5.74) is 7.50. The molecule has 0 atom stereocenters. The molecule has 1 aromatic heterocycles. The van der Waals surface area contributed by atoms with Crippen molar-refractivity contribution in [1.29, 1.82) is 0 Å². The minimum Gasteiger partial charge on any atom is -0.407 e. The van der Waals surface area contributed by atoms with Crippen LogP contribution in [0.1, 0.15) is 45.0 Å². The molecule has 4 heterocycles. The van der Waals surface area contributed by atoms with E-state index < -0.39 is 0 Å². The molecule has 3 aliphatic rings. The molecular formula is C27H25ClN4O2. The minimum absolute atomic E-state index is 0.271. The molecule has 0 spiro atoms. The van der Waals surface area contributed by atoms with Crippen molar-refractivity contribution in [3.63, 3.8) is 0 Å². The van der Waals surface area contributed by atoms with Crippen LogP contribution in [0.25, 0.3) is 11.6 Å². The van der Waals surface area contributed by atoms with E-state index in [0.29, 0.717) is 17.3 Å². The fraction of sp³-hybridized carbons (Fsp3) is 0.185. The van der Waals surface area contributed by atoms with Gasteiger partial charge in [0.1, 0.15) is 0 Å². The van der Waals surface area contributed by atoms with Crippen LogP contribution in [0, 0.1) is 0 Å². The van der Waals surface area contributed by atoms with E-state index in [1.165, 1.54) is 0 Å². The van der Waals surface area contributed by atoms with Crippen molar-refractivity contribution < 1.29 is 9.53 Å². The number of carbonyl (C=O) groups is 1. The summed E-state index contributed by atoms with van der Waals surface area (Å²) in [7, 11) is 0. The molecule has 0 saturated heterocycles. The second-order valence-corrected chi connectivity index (χ2v) is 8.44. The lowest BCUT2D eigenvalue weighted by Gasteiger charge is -2.04. The number of allylic oxidation sites excluding steroid dienone is 8. The maximum absolute atomic E-state index is 12.0. The molecule has 0 radical (unpaired) electrons. The summed E-state index contributed by atoms with van der Waals surface area (Å²) in [5.74, 6) is 0.00641. The summed E-state index contributed by atoms with van der Waals surface area (Å²) in [6.45, 7) is 9.43. The first kappa shape index (κ1) is 23.4. The van der Waals surface area contributed by atoms with Crippen molar-refractivity contribution >= 4 is 47.0 Å². The molecule has 0 bridgehead atoms. The monoisotopic (exact) mass is 472 g/mol. The summed E-state index contributed by atoms with van der Waals surface area (Å²) in [6, 6.07) is 1.86. The third-order valence-electron chi connectivity index (χ3n) is 5.59. The second kappa shape index (κ2) is 10.0. The van der Waals surface area contributed by atoms with Crippen LogP contribution in [-0.4, -0.2) is 28.8 Å². The number of hydrogen-bond acceptors (Lipinski definition) is 5. The van der Waals surface area contributed by atoms with Gasteiger partial charge in [-0.25, -0.2) is 9.98 Å². The van der Waals surface area contributed by atoms with E-state index in [2.05, 4.69) is 26.5 Å². The molecule has 0 saturated carbocycles. The lowest BCUT2D eigenvalue weighted by molar-refractivity contribution is -0.135. The van der Waals surface area contributed by atoms with Crippen LogP contribution in [0.5, 0.6) is 0 Å². The van der Waals surface area contributed by atoms with Gasteiger partial charge in [-0.1, -0.05) is 17.7 Å². The predicted molar refractivity (Wildman–Crippen MR) is 140 cm³/mol. The Bertz CT molecular complexity index is 1330. The Morgan fingerprint density at radius 3 is 2.71 bits per heavy atom. The molecule has 34 heavy (non-hydrogen) atoms. The van der Waals surface area contributed by atoms with Gasteiger partial charge in [-0.05, 0) is 75.3 Å². The zero-order valence-electron chi connectivity index (χ0n) is 19.4. The molecule has 0 fully saturated rings. The van der Waals surface area contributed by atoms with Crippen LogP contribution in [0.2, 0.25) is 5.02 Å². The fourth-order valence-corrected chi connectivity index (χ4v) is 3.94. The Labute approximate surface area is 203 Å². The van der Waals surface area contributed by atoms with E-state index in [1.54, 1.807) is 12.3 Å². The van der Waals surface area contributed by atoms with E-state index in [9.17, 15) is 4.79 Å². The van der Waals surface area contributed by atoms with Gasteiger partial charge >= 0.3 is 5.97 Å². The Morgan fingerprint density at radius 2 is 1.97 bits per heavy atom. The van der Waals surface area contributed by atoms with Crippen molar-refractivity contribution in [3.05, 3.63) is 93.7 Å². The summed E-state index contributed by atoms with van der Waals surface area (Å²) in [5, 5.41) is 0.577. The third kappa shape index (κ3) is 5.07. The number of rotatable bonds is 6. The van der Waals surface area contributed by atoms with Crippen molar-refractivity contribution in [2.45, 2.75) is 33.6 Å². The van der Waals surface area contributed by atoms with Gasteiger partial charge in [0.2, 0.25) is 5.90 Å². The highest BCUT2D eigenvalue weighted by Crippen LogP contribution is 2.35. The number of hydrogen-bond donors (Lipinski definition) is 1. The Kier molecular flexibility index (Phi) is 6.89. The van der Waals surface area contributed by atoms with Crippen LogP contribution in [0.15, 0.2) is 92.3 Å². The molecule has 172 valence electrons. The summed E-state index contributed by atoms with van der Waals surface area (Å²) in [6.07, 6.45) is 15.9. The largest absolute Gasteiger partial charge is 0.407 e. The van der Waals surface area contributed by atoms with Crippen LogP contribution in [0.4, 0.5) is 0 Å². The molecule has 0 amide bonds. The number of halogens is 1. The number of H-pyrrole nitrogens is 1. The minimum atomic E-state index is -0.326. The molecule has 7 heteroatoms. The number of nitrogens with zero attached hydrogens (tertiary/aromatic N) is 3. The smallest absolute Gasteiger partial charge is 0.312 e. The van der Waals surface area contributed by atoms with Crippen molar-refractivity contribution in [1.82, 2.24) is 4.98 Å². The Morgan fingerprint density at radius 1 is 1.15 bits per heavy atom. The van der Waals surface area contributed by atoms with Crippen LogP contribution >= 0.6 is 11.6 Å². The van der Waals surface area contributed by atoms with Gasteiger partial charge in [0.15, 0.2) is 0 Å². The zero-order chi connectivity index (χ0) is 24.2. The maximum atomic E-state index is 12.0. The average Bonchev–Trinajstić information content (AvgIpc) is 3.60. The highest BCUT2D eigenvalue weighted by Gasteiger charge is 2.24. The first-order valence-corrected chi connectivity index (χ1v) is 11.3. The van der Waals surface area contributed by atoms with E-state index >= 15 is 0 Å². The second-order valence-electron chi connectivity index (χ2n) is 8.04. The molecular weight excluding hydrogens is 448 g/mol. The molecule has 1 N–H and O–H groups in total. The van der Waals surface area contributed by atoms with Gasteiger partial charge in [0.25, 0.3) is 0 Å². The number of esters is 1. The van der Waals surface area contributed by atoms with E-state index in [4.69, 9.17) is 16.3 Å². The number of nitrogens with one attached hydrogen (secondary N) is 1. The van der Waals surface area contributed by atoms with Gasteiger partial charge in [-0.15, -0.1) is 6.58 Å².